The molecule has 0 spiro atoms. The predicted octanol–water partition coefficient (Wildman–Crippen LogP) is 5.29. The largest absolute Gasteiger partial charge is 0.202 e. The van der Waals surface area contributed by atoms with Crippen LogP contribution in [0.4, 0.5) is 4.20 Å². The van der Waals surface area contributed by atoms with Crippen molar-refractivity contribution in [1.82, 2.24) is 0 Å². The zero-order valence-electron chi connectivity index (χ0n) is 10.2. The minimum absolute atomic E-state index is 0.892. The lowest BCUT2D eigenvalue weighted by Crippen LogP contribution is -2.03. The van der Waals surface area contributed by atoms with E-state index in [1.807, 2.05) is 0 Å². The maximum Gasteiger partial charge on any atom is 0.202 e. The van der Waals surface area contributed by atoms with Gasteiger partial charge in [0.15, 0.2) is 0 Å². The Morgan fingerprint density at radius 2 is 1.00 bits per heavy atom. The Morgan fingerprint density at radius 1 is 0.714 bits per heavy atom. The highest BCUT2D eigenvalue weighted by Crippen LogP contribution is 2.62. The first-order valence-electron chi connectivity index (χ1n) is 6.24. The van der Waals surface area contributed by atoms with Crippen LogP contribution in [0.1, 0.15) is 59.3 Å². The lowest BCUT2D eigenvalue weighted by molar-refractivity contribution is 0.753. The second-order valence-corrected chi connectivity index (χ2v) is 7.66. The molecule has 0 unspecified atom stereocenters. The molecule has 0 fully saturated rings. The summed E-state index contributed by atoms with van der Waals surface area (Å²) in [5.41, 5.74) is 0. The third-order valence-electron chi connectivity index (χ3n) is 2.74. The third-order valence-corrected chi connectivity index (χ3v) is 6.09. The van der Waals surface area contributed by atoms with Gasteiger partial charge in [-0.05, 0) is 19.3 Å². The number of halogens is 1. The van der Waals surface area contributed by atoms with Gasteiger partial charge < -0.3 is 0 Å². The van der Waals surface area contributed by atoms with Gasteiger partial charge in [-0.15, -0.1) is 0 Å². The second kappa shape index (κ2) is 8.65. The van der Waals surface area contributed by atoms with Crippen molar-refractivity contribution in [3.05, 3.63) is 0 Å². The Kier molecular flexibility index (Phi) is 8.87. The van der Waals surface area contributed by atoms with E-state index in [1.54, 1.807) is 0 Å². The first-order valence-corrected chi connectivity index (χ1v) is 8.47. The zero-order valence-corrected chi connectivity index (χ0v) is 11.1. The van der Waals surface area contributed by atoms with Crippen LogP contribution in [0.2, 0.25) is 0 Å². The molecule has 0 heterocycles. The zero-order chi connectivity index (χ0) is 10.9. The van der Waals surface area contributed by atoms with Crippen molar-refractivity contribution >= 4 is 7.57 Å². The minimum Gasteiger partial charge on any atom is -0.0655 e. The monoisotopic (exact) mass is 221 g/mol. The van der Waals surface area contributed by atoms with Crippen molar-refractivity contribution in [1.29, 1.82) is 0 Å². The highest BCUT2D eigenvalue weighted by molar-refractivity contribution is 7.70. The van der Waals surface area contributed by atoms with Crippen LogP contribution in [0.5, 0.6) is 0 Å². The summed E-state index contributed by atoms with van der Waals surface area (Å²) in [7, 11) is -2.02. The molecular weight excluding hydrogens is 194 g/mol. The lowest BCUT2D eigenvalue weighted by Gasteiger charge is -2.16. The van der Waals surface area contributed by atoms with E-state index in [0.29, 0.717) is 0 Å². The molecule has 14 heavy (non-hydrogen) atoms. The maximum atomic E-state index is 14.5. The van der Waals surface area contributed by atoms with Crippen LogP contribution in [0.25, 0.3) is 0 Å². The number of rotatable bonds is 9. The third kappa shape index (κ3) is 6.76. The van der Waals surface area contributed by atoms with Crippen molar-refractivity contribution in [3.8, 4) is 0 Å². The molecule has 86 valence electrons. The molecule has 0 saturated heterocycles. The van der Waals surface area contributed by atoms with Gasteiger partial charge in [-0.25, -0.2) is 0 Å². The van der Waals surface area contributed by atoms with Crippen molar-refractivity contribution in [3.63, 3.8) is 0 Å². The van der Waals surface area contributed by atoms with Gasteiger partial charge in [0.1, 0.15) is 0 Å². The van der Waals surface area contributed by atoms with E-state index >= 15 is 0 Å². The normalized spacial score (nSPS) is 12.0. The molecule has 2 heteroatoms. The quantitative estimate of drug-likeness (QED) is 0.464. The lowest BCUT2D eigenvalue weighted by atomic mass is 10.4. The van der Waals surface area contributed by atoms with Gasteiger partial charge in [0, 0.05) is 0 Å². The summed E-state index contributed by atoms with van der Waals surface area (Å²) < 4.78 is 14.5. The van der Waals surface area contributed by atoms with Crippen molar-refractivity contribution in [2.45, 2.75) is 59.3 Å². The molecule has 0 atom stereocenters. The molecule has 0 radical (unpaired) electrons. The molecule has 0 aromatic heterocycles. The predicted molar refractivity (Wildman–Crippen MR) is 67.4 cm³/mol. The van der Waals surface area contributed by atoms with Crippen molar-refractivity contribution in [2.24, 2.45) is 0 Å². The summed E-state index contributed by atoms with van der Waals surface area (Å²) in [5, 5.41) is 0. The summed E-state index contributed by atoms with van der Waals surface area (Å²) >= 11 is 0. The van der Waals surface area contributed by atoms with Crippen LogP contribution in [0, 0.1) is 0 Å². The van der Waals surface area contributed by atoms with Gasteiger partial charge in [0.05, 0.1) is 18.5 Å². The number of unbranched alkanes of at least 4 members (excludes halogenated alkanes) is 3. The molecule has 0 aliphatic rings. The van der Waals surface area contributed by atoms with Gasteiger partial charge in [-0.1, -0.05) is 44.2 Å². The summed E-state index contributed by atoms with van der Waals surface area (Å²) in [6, 6.07) is 0. The summed E-state index contributed by atoms with van der Waals surface area (Å²) in [6.07, 6.45) is 9.39. The molecule has 0 bridgehead atoms. The van der Waals surface area contributed by atoms with Crippen molar-refractivity contribution in [2.75, 3.05) is 18.5 Å². The van der Waals surface area contributed by atoms with Crippen LogP contribution in [0.15, 0.2) is 0 Å². The van der Waals surface area contributed by atoms with E-state index in [1.165, 1.54) is 0 Å². The Balaban J connectivity index is 3.89. The molecule has 0 aliphatic carbocycles. The molecule has 0 aliphatic heterocycles. The van der Waals surface area contributed by atoms with Gasteiger partial charge in [-0.2, -0.15) is 0 Å². The van der Waals surface area contributed by atoms with Gasteiger partial charge in [0.2, 0.25) is 7.57 Å². The first-order chi connectivity index (χ1) is 6.68. The minimum atomic E-state index is -2.02. The van der Waals surface area contributed by atoms with Crippen LogP contribution in [-0.2, 0) is 0 Å². The maximum absolute atomic E-state index is 14.5. The molecule has 0 aromatic rings. The fourth-order valence-corrected chi connectivity index (χ4v) is 4.98. The van der Waals surface area contributed by atoms with Crippen LogP contribution in [-0.4, -0.2) is 18.5 Å². The average Bonchev–Trinajstić information content (AvgIpc) is 2.21. The Bertz CT molecular complexity index is 104. The highest BCUT2D eigenvalue weighted by atomic mass is 31.2. The Morgan fingerprint density at radius 3 is 1.21 bits per heavy atom. The summed E-state index contributed by atoms with van der Waals surface area (Å²) in [4.78, 5) is 0. The summed E-state index contributed by atoms with van der Waals surface area (Å²) in [5.74, 6) is 0. The Hall–Kier alpha value is 0.360. The molecular formula is C12H27FP+. The number of hydrogen-bond acceptors (Lipinski definition) is 0. The standard InChI is InChI=1S/C12H27FP/c1-4-7-10-14(13,11-8-5-2)12-9-6-3/h4-12H2,1-3H3/q+1. The van der Waals surface area contributed by atoms with Gasteiger partial charge >= 0.3 is 0 Å². The molecule has 0 aromatic carbocycles. The smallest absolute Gasteiger partial charge is 0.0655 e. The SMILES string of the molecule is CCCC[P+](F)(CCCC)CCCC. The van der Waals surface area contributed by atoms with E-state index < -0.39 is 7.57 Å². The summed E-state index contributed by atoms with van der Waals surface area (Å²) in [6.45, 7) is 6.47. The van der Waals surface area contributed by atoms with E-state index in [0.717, 1.165) is 57.0 Å². The fraction of sp³-hybridized carbons (Fsp3) is 1.00. The highest BCUT2D eigenvalue weighted by Gasteiger charge is 2.36. The first kappa shape index (κ1) is 14.4. The topological polar surface area (TPSA) is 0 Å². The second-order valence-electron chi connectivity index (χ2n) is 4.26. The van der Waals surface area contributed by atoms with Crippen LogP contribution in [0.3, 0.4) is 0 Å². The van der Waals surface area contributed by atoms with E-state index in [-0.39, 0.29) is 0 Å². The average molecular weight is 221 g/mol. The molecule has 0 amide bonds. The molecule has 0 saturated carbocycles. The van der Waals surface area contributed by atoms with Crippen LogP contribution < -0.4 is 0 Å². The Labute approximate surface area is 90.1 Å². The molecule has 0 nitrogen and oxygen atoms in total. The van der Waals surface area contributed by atoms with Gasteiger partial charge in [0.25, 0.3) is 0 Å². The van der Waals surface area contributed by atoms with Crippen molar-refractivity contribution < 1.29 is 4.20 Å². The van der Waals surface area contributed by atoms with Crippen LogP contribution >= 0.6 is 7.57 Å². The fourth-order valence-electron chi connectivity index (χ4n) is 1.66. The van der Waals surface area contributed by atoms with E-state index in [2.05, 4.69) is 20.8 Å². The molecule has 0 rings (SSSR count). The molecule has 0 N–H and O–H groups in total. The van der Waals surface area contributed by atoms with E-state index in [4.69, 9.17) is 0 Å². The van der Waals surface area contributed by atoms with E-state index in [9.17, 15) is 4.20 Å². The number of hydrogen-bond donors (Lipinski definition) is 0. The van der Waals surface area contributed by atoms with Gasteiger partial charge in [-0.3, -0.25) is 0 Å².